The molecule has 3 rings (SSSR count). The molecule has 0 fully saturated rings. The molecule has 0 atom stereocenters. The topological polar surface area (TPSA) is 32.3 Å². The normalized spacial score (nSPS) is 14.0. The quantitative estimate of drug-likeness (QED) is 0.939. The number of nitrogens with one attached hydrogen (secondary N) is 1. The van der Waals surface area contributed by atoms with E-state index in [4.69, 9.17) is 11.6 Å². The third kappa shape index (κ3) is 3.26. The van der Waals surface area contributed by atoms with Gasteiger partial charge < -0.3 is 5.32 Å². The predicted molar refractivity (Wildman–Crippen MR) is 85.4 cm³/mol. The summed E-state index contributed by atoms with van der Waals surface area (Å²) in [5, 5.41) is 3.57. The number of anilines is 1. The number of nitrogens with zero attached hydrogens (tertiary/aromatic N) is 1. The molecule has 1 aliphatic heterocycles. The largest absolute Gasteiger partial charge is 0.325 e. The van der Waals surface area contributed by atoms with E-state index in [9.17, 15) is 4.79 Å². The number of halogens is 1. The molecule has 3 nitrogen and oxygen atoms in total. The Hall–Kier alpha value is -1.84. The summed E-state index contributed by atoms with van der Waals surface area (Å²) in [4.78, 5) is 14.3. The van der Waals surface area contributed by atoms with E-state index in [1.165, 1.54) is 11.1 Å². The molecule has 0 saturated heterocycles. The van der Waals surface area contributed by atoms with E-state index in [0.29, 0.717) is 11.6 Å². The van der Waals surface area contributed by atoms with Crippen LogP contribution in [0.15, 0.2) is 42.5 Å². The zero-order valence-electron chi connectivity index (χ0n) is 11.9. The maximum absolute atomic E-state index is 12.2. The predicted octanol–water partition coefficient (Wildman–Crippen LogP) is 3.60. The molecular weight excluding hydrogens is 284 g/mol. The van der Waals surface area contributed by atoms with Crippen LogP contribution in [0.5, 0.6) is 0 Å². The minimum Gasteiger partial charge on any atom is -0.325 e. The summed E-state index contributed by atoms with van der Waals surface area (Å²) >= 11 is 5.97. The molecule has 0 saturated carbocycles. The van der Waals surface area contributed by atoms with Crippen molar-refractivity contribution in [3.63, 3.8) is 0 Å². The van der Waals surface area contributed by atoms with Crippen molar-refractivity contribution in [2.75, 3.05) is 11.9 Å². The van der Waals surface area contributed by atoms with Crippen LogP contribution in [0.25, 0.3) is 0 Å². The van der Waals surface area contributed by atoms with Crippen molar-refractivity contribution < 1.29 is 4.79 Å². The van der Waals surface area contributed by atoms with E-state index in [1.54, 1.807) is 6.07 Å². The first kappa shape index (κ1) is 14.1. The van der Waals surface area contributed by atoms with Gasteiger partial charge in [-0.25, -0.2) is 0 Å². The van der Waals surface area contributed by atoms with Crippen LogP contribution < -0.4 is 5.32 Å². The highest BCUT2D eigenvalue weighted by molar-refractivity contribution is 6.31. The van der Waals surface area contributed by atoms with Gasteiger partial charge in [-0.3, -0.25) is 9.69 Å². The molecule has 108 valence electrons. The number of fused-ring (bicyclic) bond motifs is 1. The zero-order valence-corrected chi connectivity index (χ0v) is 12.7. The van der Waals surface area contributed by atoms with Gasteiger partial charge in [0.25, 0.3) is 0 Å². The highest BCUT2D eigenvalue weighted by Gasteiger charge is 2.20. The molecule has 21 heavy (non-hydrogen) atoms. The fourth-order valence-corrected chi connectivity index (χ4v) is 2.81. The Morgan fingerprint density at radius 2 is 1.86 bits per heavy atom. The Kier molecular flexibility index (Phi) is 3.95. The number of hydrogen-bond acceptors (Lipinski definition) is 2. The Labute approximate surface area is 129 Å². The second-order valence-electron chi connectivity index (χ2n) is 5.42. The van der Waals surface area contributed by atoms with E-state index >= 15 is 0 Å². The van der Waals surface area contributed by atoms with Crippen molar-refractivity contribution in [3.05, 3.63) is 64.2 Å². The first-order chi connectivity index (χ1) is 10.1. The summed E-state index contributed by atoms with van der Waals surface area (Å²) in [5.41, 5.74) is 4.41. The first-order valence-electron chi connectivity index (χ1n) is 6.97. The smallest absolute Gasteiger partial charge is 0.238 e. The molecule has 2 aromatic rings. The lowest BCUT2D eigenvalue weighted by Crippen LogP contribution is -2.29. The van der Waals surface area contributed by atoms with Gasteiger partial charge in [-0.2, -0.15) is 0 Å². The van der Waals surface area contributed by atoms with Gasteiger partial charge in [0.2, 0.25) is 5.91 Å². The molecule has 1 N–H and O–H groups in total. The summed E-state index contributed by atoms with van der Waals surface area (Å²) in [6.07, 6.45) is 0. The molecule has 0 aliphatic carbocycles. The van der Waals surface area contributed by atoms with E-state index in [1.807, 2.05) is 31.2 Å². The number of amides is 1. The van der Waals surface area contributed by atoms with Gasteiger partial charge in [-0.15, -0.1) is 0 Å². The number of hydrogen-bond donors (Lipinski definition) is 1. The van der Waals surface area contributed by atoms with Crippen molar-refractivity contribution >= 4 is 23.2 Å². The summed E-state index contributed by atoms with van der Waals surface area (Å²) in [7, 11) is 0. The third-order valence-corrected chi connectivity index (χ3v) is 3.98. The van der Waals surface area contributed by atoms with Gasteiger partial charge in [0.1, 0.15) is 0 Å². The van der Waals surface area contributed by atoms with Crippen molar-refractivity contribution in [2.24, 2.45) is 0 Å². The van der Waals surface area contributed by atoms with Crippen LogP contribution in [0.2, 0.25) is 5.02 Å². The minimum absolute atomic E-state index is 0.00632. The van der Waals surface area contributed by atoms with Crippen LogP contribution in [0.3, 0.4) is 0 Å². The van der Waals surface area contributed by atoms with Crippen LogP contribution in [-0.2, 0) is 17.9 Å². The summed E-state index contributed by atoms with van der Waals surface area (Å²) < 4.78 is 0. The fourth-order valence-electron chi connectivity index (χ4n) is 2.64. The molecule has 4 heteroatoms. The van der Waals surface area contributed by atoms with Crippen molar-refractivity contribution in [2.45, 2.75) is 20.0 Å². The third-order valence-electron chi connectivity index (χ3n) is 3.75. The highest BCUT2D eigenvalue weighted by Crippen LogP contribution is 2.23. The monoisotopic (exact) mass is 300 g/mol. The second kappa shape index (κ2) is 5.88. The fraction of sp³-hybridized carbons (Fsp3) is 0.235. The van der Waals surface area contributed by atoms with Crippen LogP contribution >= 0.6 is 11.6 Å². The summed E-state index contributed by atoms with van der Waals surface area (Å²) in [6.45, 7) is 4.01. The molecule has 0 unspecified atom stereocenters. The Morgan fingerprint density at radius 1 is 1.19 bits per heavy atom. The molecule has 0 spiro atoms. The molecule has 1 heterocycles. The van der Waals surface area contributed by atoms with Crippen molar-refractivity contribution in [1.29, 1.82) is 0 Å². The molecule has 2 aromatic carbocycles. The number of carbonyl (C=O) groups excluding carboxylic acids is 1. The van der Waals surface area contributed by atoms with Crippen LogP contribution in [0, 0.1) is 6.92 Å². The molecule has 0 radical (unpaired) electrons. The highest BCUT2D eigenvalue weighted by atomic mass is 35.5. The number of benzene rings is 2. The molecule has 0 bridgehead atoms. The molecule has 1 amide bonds. The van der Waals surface area contributed by atoms with Crippen LogP contribution in [-0.4, -0.2) is 17.4 Å². The van der Waals surface area contributed by atoms with Gasteiger partial charge in [0.05, 0.1) is 6.54 Å². The molecule has 0 aromatic heterocycles. The van der Waals surface area contributed by atoms with Crippen LogP contribution in [0.4, 0.5) is 5.69 Å². The van der Waals surface area contributed by atoms with E-state index in [-0.39, 0.29) is 5.91 Å². The average molecular weight is 301 g/mol. The second-order valence-corrected chi connectivity index (χ2v) is 5.86. The van der Waals surface area contributed by atoms with Gasteiger partial charge in [-0.1, -0.05) is 41.9 Å². The summed E-state index contributed by atoms with van der Waals surface area (Å²) in [5.74, 6) is -0.00632. The lowest BCUT2D eigenvalue weighted by Gasteiger charge is -2.15. The lowest BCUT2D eigenvalue weighted by atomic mass is 10.1. The van der Waals surface area contributed by atoms with Crippen LogP contribution in [0.1, 0.15) is 16.7 Å². The number of rotatable bonds is 3. The Balaban J connectivity index is 1.62. The maximum atomic E-state index is 12.2. The van der Waals surface area contributed by atoms with E-state index in [2.05, 4.69) is 22.3 Å². The molecule has 1 aliphatic rings. The summed E-state index contributed by atoms with van der Waals surface area (Å²) in [6, 6.07) is 13.8. The van der Waals surface area contributed by atoms with E-state index < -0.39 is 0 Å². The first-order valence-corrected chi connectivity index (χ1v) is 7.35. The molecular formula is C17H17ClN2O. The number of aryl methyl sites for hydroxylation is 1. The average Bonchev–Trinajstić information content (AvgIpc) is 2.84. The zero-order chi connectivity index (χ0) is 14.8. The van der Waals surface area contributed by atoms with Crippen molar-refractivity contribution in [3.8, 4) is 0 Å². The minimum atomic E-state index is -0.00632. The maximum Gasteiger partial charge on any atom is 0.238 e. The van der Waals surface area contributed by atoms with E-state index in [0.717, 1.165) is 24.3 Å². The Morgan fingerprint density at radius 3 is 2.52 bits per heavy atom. The van der Waals surface area contributed by atoms with Gasteiger partial charge in [0, 0.05) is 23.8 Å². The van der Waals surface area contributed by atoms with Gasteiger partial charge in [0.15, 0.2) is 0 Å². The van der Waals surface area contributed by atoms with Gasteiger partial charge in [-0.05, 0) is 35.7 Å². The lowest BCUT2D eigenvalue weighted by molar-refractivity contribution is -0.117. The SMILES string of the molecule is Cc1ccc(Cl)cc1NC(=O)CN1Cc2ccccc2C1. The standard InChI is InChI=1S/C17H17ClN2O/c1-12-6-7-15(18)8-16(12)19-17(21)11-20-9-13-4-2-3-5-14(13)10-20/h2-8H,9-11H2,1H3,(H,19,21). The number of carbonyl (C=O) groups is 1. The Bertz CT molecular complexity index is 659. The van der Waals surface area contributed by atoms with Crippen molar-refractivity contribution in [1.82, 2.24) is 4.90 Å². The van der Waals surface area contributed by atoms with Gasteiger partial charge >= 0.3 is 0 Å².